The zero-order chi connectivity index (χ0) is 11.1. The molecular formula is C13H16N2O. The summed E-state index contributed by atoms with van der Waals surface area (Å²) in [6.45, 7) is 0.775. The maximum atomic E-state index is 11.4. The Morgan fingerprint density at radius 2 is 2.12 bits per heavy atom. The van der Waals surface area contributed by atoms with Crippen LogP contribution in [0.1, 0.15) is 29.2 Å². The van der Waals surface area contributed by atoms with Gasteiger partial charge in [0.05, 0.1) is 6.04 Å². The number of hydrogen-bond acceptors (Lipinski definition) is 1. The molecule has 16 heavy (non-hydrogen) atoms. The highest BCUT2D eigenvalue weighted by Crippen LogP contribution is 2.27. The summed E-state index contributed by atoms with van der Waals surface area (Å²) < 4.78 is 0. The number of nitrogens with one attached hydrogen (secondary N) is 1. The lowest BCUT2D eigenvalue weighted by atomic mass is 10.0. The Bertz CT molecular complexity index is 442. The van der Waals surface area contributed by atoms with Gasteiger partial charge in [-0.1, -0.05) is 18.2 Å². The lowest BCUT2D eigenvalue weighted by Gasteiger charge is -2.11. The van der Waals surface area contributed by atoms with E-state index in [1.165, 1.54) is 36.0 Å². The molecule has 1 unspecified atom stereocenters. The Balaban J connectivity index is 1.88. The van der Waals surface area contributed by atoms with E-state index in [0.717, 1.165) is 6.54 Å². The average molecular weight is 216 g/mol. The maximum Gasteiger partial charge on any atom is 0.317 e. The van der Waals surface area contributed by atoms with E-state index in [-0.39, 0.29) is 12.1 Å². The summed E-state index contributed by atoms with van der Waals surface area (Å²) >= 11 is 0. The highest BCUT2D eigenvalue weighted by atomic mass is 16.2. The predicted octanol–water partition coefficient (Wildman–Crippen LogP) is 1.87. The minimum atomic E-state index is 0.0329. The molecule has 3 nitrogen and oxygen atoms in total. The quantitative estimate of drug-likeness (QED) is 0.763. The number of hydrogen-bond donors (Lipinski definition) is 1. The first-order valence-electron chi connectivity index (χ1n) is 5.87. The number of carbonyl (C=O) groups is 1. The molecule has 1 aromatic carbocycles. The van der Waals surface area contributed by atoms with Gasteiger partial charge in [0.15, 0.2) is 0 Å². The third-order valence-electron chi connectivity index (χ3n) is 3.63. The summed E-state index contributed by atoms with van der Waals surface area (Å²) in [5.74, 6) is 0. The molecule has 0 bridgehead atoms. The SMILES string of the molecule is CN1CC(c2ccc3c(c2)CCC3)NC1=O. The molecule has 2 aliphatic rings. The molecule has 1 aliphatic heterocycles. The highest BCUT2D eigenvalue weighted by molar-refractivity contribution is 5.76. The first kappa shape index (κ1) is 9.70. The standard InChI is InChI=1S/C13H16N2O/c1-15-8-12(14-13(15)16)11-6-5-9-3-2-4-10(9)7-11/h5-7,12H,2-4,8H2,1H3,(H,14,16). The van der Waals surface area contributed by atoms with E-state index < -0.39 is 0 Å². The van der Waals surface area contributed by atoms with Crippen LogP contribution in [0.25, 0.3) is 0 Å². The van der Waals surface area contributed by atoms with Gasteiger partial charge < -0.3 is 10.2 Å². The molecule has 0 saturated carbocycles. The van der Waals surface area contributed by atoms with Gasteiger partial charge in [0.1, 0.15) is 0 Å². The van der Waals surface area contributed by atoms with Gasteiger partial charge in [0, 0.05) is 13.6 Å². The van der Waals surface area contributed by atoms with Gasteiger partial charge in [-0.25, -0.2) is 4.79 Å². The smallest absolute Gasteiger partial charge is 0.317 e. The van der Waals surface area contributed by atoms with Crippen LogP contribution in [-0.2, 0) is 12.8 Å². The number of likely N-dealkylation sites (N-methyl/N-ethyl adjacent to an activating group) is 1. The van der Waals surface area contributed by atoms with Crippen molar-refractivity contribution in [1.29, 1.82) is 0 Å². The van der Waals surface area contributed by atoms with Crippen LogP contribution >= 0.6 is 0 Å². The van der Waals surface area contributed by atoms with Gasteiger partial charge in [0.25, 0.3) is 0 Å². The molecule has 1 fully saturated rings. The summed E-state index contributed by atoms with van der Waals surface area (Å²) in [5, 5.41) is 3.00. The number of urea groups is 1. The fourth-order valence-corrected chi connectivity index (χ4v) is 2.66. The molecule has 1 saturated heterocycles. The zero-order valence-corrected chi connectivity index (χ0v) is 9.49. The molecule has 3 heteroatoms. The predicted molar refractivity (Wildman–Crippen MR) is 62.4 cm³/mol. The van der Waals surface area contributed by atoms with E-state index in [0.29, 0.717) is 0 Å². The van der Waals surface area contributed by atoms with Crippen LogP contribution in [0.3, 0.4) is 0 Å². The molecule has 0 spiro atoms. The van der Waals surface area contributed by atoms with Gasteiger partial charge in [-0.05, 0) is 36.0 Å². The minimum absolute atomic E-state index is 0.0329. The van der Waals surface area contributed by atoms with Crippen molar-refractivity contribution in [2.45, 2.75) is 25.3 Å². The zero-order valence-electron chi connectivity index (χ0n) is 9.49. The number of amides is 2. The molecular weight excluding hydrogens is 200 g/mol. The summed E-state index contributed by atoms with van der Waals surface area (Å²) in [6.07, 6.45) is 3.68. The third kappa shape index (κ3) is 1.47. The van der Waals surface area contributed by atoms with Crippen LogP contribution in [0, 0.1) is 0 Å². The second-order valence-corrected chi connectivity index (χ2v) is 4.76. The topological polar surface area (TPSA) is 32.3 Å². The van der Waals surface area contributed by atoms with Crippen molar-refractivity contribution in [3.8, 4) is 0 Å². The Morgan fingerprint density at radius 3 is 2.88 bits per heavy atom. The third-order valence-corrected chi connectivity index (χ3v) is 3.63. The van der Waals surface area contributed by atoms with E-state index in [4.69, 9.17) is 0 Å². The van der Waals surface area contributed by atoms with E-state index in [1.807, 2.05) is 7.05 Å². The van der Waals surface area contributed by atoms with Gasteiger partial charge in [0.2, 0.25) is 0 Å². The van der Waals surface area contributed by atoms with Crippen LogP contribution in [0.15, 0.2) is 18.2 Å². The first-order chi connectivity index (χ1) is 7.74. The summed E-state index contributed by atoms with van der Waals surface area (Å²) in [7, 11) is 1.84. The van der Waals surface area contributed by atoms with Gasteiger partial charge in [-0.15, -0.1) is 0 Å². The molecule has 1 heterocycles. The maximum absolute atomic E-state index is 11.4. The van der Waals surface area contributed by atoms with Crippen LogP contribution in [0.2, 0.25) is 0 Å². The molecule has 2 amide bonds. The summed E-state index contributed by atoms with van der Waals surface area (Å²) in [5.41, 5.74) is 4.21. The molecule has 3 rings (SSSR count). The molecule has 1 N–H and O–H groups in total. The number of benzene rings is 1. The summed E-state index contributed by atoms with van der Waals surface area (Å²) in [4.78, 5) is 13.1. The lowest BCUT2D eigenvalue weighted by Crippen LogP contribution is -2.23. The molecule has 0 aromatic heterocycles. The average Bonchev–Trinajstić information content (AvgIpc) is 2.85. The Hall–Kier alpha value is -1.51. The van der Waals surface area contributed by atoms with Crippen LogP contribution in [0.5, 0.6) is 0 Å². The van der Waals surface area contributed by atoms with Crippen molar-refractivity contribution in [3.63, 3.8) is 0 Å². The lowest BCUT2D eigenvalue weighted by molar-refractivity contribution is 0.226. The van der Waals surface area contributed by atoms with Crippen molar-refractivity contribution in [3.05, 3.63) is 34.9 Å². The number of aryl methyl sites for hydroxylation is 2. The molecule has 1 aromatic rings. The van der Waals surface area contributed by atoms with Crippen molar-refractivity contribution in [1.82, 2.24) is 10.2 Å². The minimum Gasteiger partial charge on any atom is -0.329 e. The van der Waals surface area contributed by atoms with Gasteiger partial charge in [-0.3, -0.25) is 0 Å². The largest absolute Gasteiger partial charge is 0.329 e. The number of fused-ring (bicyclic) bond motifs is 1. The molecule has 0 radical (unpaired) electrons. The second-order valence-electron chi connectivity index (χ2n) is 4.76. The van der Waals surface area contributed by atoms with Crippen molar-refractivity contribution in [2.75, 3.05) is 13.6 Å². The Morgan fingerprint density at radius 1 is 1.31 bits per heavy atom. The van der Waals surface area contributed by atoms with Crippen LogP contribution in [0.4, 0.5) is 4.79 Å². The Kier molecular flexibility index (Phi) is 2.13. The first-order valence-corrected chi connectivity index (χ1v) is 5.87. The molecule has 1 atom stereocenters. The van der Waals surface area contributed by atoms with Crippen LogP contribution in [-0.4, -0.2) is 24.5 Å². The fraction of sp³-hybridized carbons (Fsp3) is 0.462. The fourth-order valence-electron chi connectivity index (χ4n) is 2.66. The normalized spacial score (nSPS) is 23.4. The van der Waals surface area contributed by atoms with Gasteiger partial charge in [-0.2, -0.15) is 0 Å². The Labute approximate surface area is 95.4 Å². The van der Waals surface area contributed by atoms with Crippen LogP contribution < -0.4 is 5.32 Å². The number of nitrogens with zero attached hydrogens (tertiary/aromatic N) is 1. The van der Waals surface area contributed by atoms with E-state index in [9.17, 15) is 4.79 Å². The van der Waals surface area contributed by atoms with E-state index >= 15 is 0 Å². The highest BCUT2D eigenvalue weighted by Gasteiger charge is 2.27. The van der Waals surface area contributed by atoms with Crippen molar-refractivity contribution >= 4 is 6.03 Å². The van der Waals surface area contributed by atoms with Crippen molar-refractivity contribution < 1.29 is 4.79 Å². The number of carbonyl (C=O) groups excluding carboxylic acids is 1. The van der Waals surface area contributed by atoms with E-state index in [2.05, 4.69) is 23.5 Å². The van der Waals surface area contributed by atoms with Crippen molar-refractivity contribution in [2.24, 2.45) is 0 Å². The monoisotopic (exact) mass is 216 g/mol. The summed E-state index contributed by atoms with van der Waals surface area (Å²) in [6, 6.07) is 6.86. The van der Waals surface area contributed by atoms with Gasteiger partial charge >= 0.3 is 6.03 Å². The molecule has 84 valence electrons. The number of rotatable bonds is 1. The van der Waals surface area contributed by atoms with E-state index in [1.54, 1.807) is 4.90 Å². The second kappa shape index (κ2) is 3.51. The molecule has 1 aliphatic carbocycles.